The number of benzene rings is 3. The molecule has 0 atom stereocenters. The molecule has 31 heavy (non-hydrogen) atoms. The summed E-state index contributed by atoms with van der Waals surface area (Å²) in [5.41, 5.74) is 0. The predicted molar refractivity (Wildman–Crippen MR) is 118 cm³/mol. The second-order valence-corrected chi connectivity index (χ2v) is 9.37. The number of hydrogen-bond donors (Lipinski definition) is 3. The van der Waals surface area contributed by atoms with Crippen LogP contribution in [0.4, 0.5) is 0 Å². The van der Waals surface area contributed by atoms with Crippen molar-refractivity contribution >= 4 is 50.4 Å². The fraction of sp³-hybridized carbons (Fsp3) is 0. The van der Waals surface area contributed by atoms with Gasteiger partial charge in [-0.1, -0.05) is 34.8 Å². The van der Waals surface area contributed by atoms with Gasteiger partial charge in [0.2, 0.25) is 0 Å². The van der Waals surface area contributed by atoms with Crippen LogP contribution in [0, 0.1) is 0 Å². The maximum Gasteiger partial charge on any atom is 0.584 e. The van der Waals surface area contributed by atoms with Crippen molar-refractivity contribution in [2.24, 2.45) is 0 Å². The Morgan fingerprint density at radius 3 is 1.03 bits per heavy atom. The summed E-state index contributed by atoms with van der Waals surface area (Å²) in [4.78, 5) is 26.4. The van der Waals surface area contributed by atoms with E-state index in [1.165, 1.54) is 48.5 Å². The summed E-state index contributed by atoms with van der Waals surface area (Å²) in [6.07, 6.45) is 0. The zero-order valence-electron chi connectivity index (χ0n) is 15.3. The molecule has 3 aromatic carbocycles. The van der Waals surface area contributed by atoms with E-state index < -0.39 is 15.6 Å². The molecule has 166 valence electrons. The fourth-order valence-electron chi connectivity index (χ4n) is 1.91. The molecule has 8 nitrogen and oxygen atoms in total. The third-order valence-corrected chi connectivity index (χ3v) is 5.19. The lowest BCUT2D eigenvalue weighted by Crippen LogP contribution is -1.99. The Morgan fingerprint density at radius 1 is 0.516 bits per heavy atom. The van der Waals surface area contributed by atoms with E-state index in [9.17, 15) is 14.0 Å². The molecule has 13 heteroatoms. The van der Waals surface area contributed by atoms with Gasteiger partial charge in [-0.3, -0.25) is 14.7 Å². The maximum atomic E-state index is 11.8. The lowest BCUT2D eigenvalue weighted by atomic mass is 10.3. The topological polar surface area (TPSA) is 123 Å². The molecule has 0 aliphatic rings. The van der Waals surface area contributed by atoms with Crippen LogP contribution >= 0.6 is 50.4 Å². The van der Waals surface area contributed by atoms with Crippen LogP contribution in [0.2, 0.25) is 15.1 Å². The highest BCUT2D eigenvalue weighted by Gasteiger charge is 2.25. The minimum atomic E-state index is -4.45. The SMILES string of the molecule is O=P(O)(O)Oc1ccc(Cl)cc1.O=P(O)(Oc1ccc(Cl)cc1)Oc1ccc(Cl)cc1. The Morgan fingerprint density at radius 2 is 0.774 bits per heavy atom. The first-order valence-electron chi connectivity index (χ1n) is 8.16. The quantitative estimate of drug-likeness (QED) is 0.316. The van der Waals surface area contributed by atoms with Crippen molar-refractivity contribution < 1.29 is 37.4 Å². The van der Waals surface area contributed by atoms with Crippen LogP contribution in [0.25, 0.3) is 0 Å². The molecule has 0 fully saturated rings. The Balaban J connectivity index is 0.000000245. The molecule has 0 saturated heterocycles. The van der Waals surface area contributed by atoms with Crippen LogP contribution in [-0.2, 0) is 9.13 Å². The minimum Gasteiger partial charge on any atom is -0.404 e. The van der Waals surface area contributed by atoms with Crippen LogP contribution in [0.15, 0.2) is 72.8 Å². The van der Waals surface area contributed by atoms with E-state index >= 15 is 0 Å². The minimum absolute atomic E-state index is 0.0905. The maximum absolute atomic E-state index is 11.8. The van der Waals surface area contributed by atoms with Crippen LogP contribution < -0.4 is 13.6 Å². The van der Waals surface area contributed by atoms with E-state index in [0.29, 0.717) is 15.1 Å². The molecule has 3 rings (SSSR count). The van der Waals surface area contributed by atoms with Crippen molar-refractivity contribution in [3.05, 3.63) is 87.9 Å². The first-order valence-corrected chi connectivity index (χ1v) is 12.3. The highest BCUT2D eigenvalue weighted by Crippen LogP contribution is 2.44. The molecule has 0 unspecified atom stereocenters. The Hall–Kier alpha value is -1.73. The number of phosphoric acid groups is 2. The third kappa shape index (κ3) is 10.4. The summed E-state index contributed by atoms with van der Waals surface area (Å²) < 4.78 is 36.1. The normalized spacial score (nSPS) is 11.2. The van der Waals surface area contributed by atoms with E-state index in [1.807, 2.05) is 0 Å². The summed E-state index contributed by atoms with van der Waals surface area (Å²) in [5.74, 6) is 0.459. The standard InChI is InChI=1S/C12H9Cl2O4P.C6H6ClO4P/c13-9-1-5-11(6-2-9)17-19(15,16)18-12-7-3-10(14)4-8-12;7-5-1-3-6(4-2-5)11-12(8,9)10/h1-8H,(H,15,16);1-4H,(H2,8,9,10). The van der Waals surface area contributed by atoms with Gasteiger partial charge in [0.05, 0.1) is 0 Å². The zero-order valence-corrected chi connectivity index (χ0v) is 19.4. The van der Waals surface area contributed by atoms with Gasteiger partial charge in [0.15, 0.2) is 0 Å². The van der Waals surface area contributed by atoms with Gasteiger partial charge in [-0.2, -0.15) is 0 Å². The van der Waals surface area contributed by atoms with Gasteiger partial charge in [-0.25, -0.2) is 9.13 Å². The first-order chi connectivity index (χ1) is 14.4. The van der Waals surface area contributed by atoms with Crippen LogP contribution in [0.1, 0.15) is 0 Å². The monoisotopic (exact) mass is 526 g/mol. The van der Waals surface area contributed by atoms with Gasteiger partial charge in [-0.05, 0) is 72.8 Å². The smallest absolute Gasteiger partial charge is 0.404 e. The molecule has 0 aliphatic carbocycles. The average Bonchev–Trinajstić information content (AvgIpc) is 2.66. The molecule has 0 bridgehead atoms. The number of rotatable bonds is 6. The Kier molecular flexibility index (Phi) is 9.25. The van der Waals surface area contributed by atoms with Crippen LogP contribution in [-0.4, -0.2) is 14.7 Å². The second-order valence-electron chi connectivity index (χ2n) is 5.59. The number of hydrogen-bond acceptors (Lipinski definition) is 5. The largest absolute Gasteiger partial charge is 0.584 e. The van der Waals surface area contributed by atoms with E-state index in [4.69, 9.17) is 53.6 Å². The molecule has 0 aromatic heterocycles. The molecule has 0 amide bonds. The van der Waals surface area contributed by atoms with Crippen molar-refractivity contribution in [3.8, 4) is 17.2 Å². The van der Waals surface area contributed by atoms with Gasteiger partial charge >= 0.3 is 15.6 Å². The van der Waals surface area contributed by atoms with Crippen molar-refractivity contribution in [2.45, 2.75) is 0 Å². The Labute approximate surface area is 192 Å². The van der Waals surface area contributed by atoms with Gasteiger partial charge in [0.25, 0.3) is 0 Å². The average molecular weight is 528 g/mol. The first kappa shape index (κ1) is 25.5. The molecular formula is C18H15Cl3O8P2. The molecule has 0 heterocycles. The molecule has 0 radical (unpaired) electrons. The highest BCUT2D eigenvalue weighted by molar-refractivity contribution is 7.48. The third-order valence-electron chi connectivity index (χ3n) is 3.11. The van der Waals surface area contributed by atoms with Crippen molar-refractivity contribution in [2.75, 3.05) is 0 Å². The van der Waals surface area contributed by atoms with Crippen LogP contribution in [0.5, 0.6) is 17.2 Å². The molecular weight excluding hydrogens is 512 g/mol. The van der Waals surface area contributed by atoms with Crippen molar-refractivity contribution in [3.63, 3.8) is 0 Å². The molecule has 0 aliphatic heterocycles. The second kappa shape index (κ2) is 11.2. The van der Waals surface area contributed by atoms with Gasteiger partial charge in [0.1, 0.15) is 17.2 Å². The van der Waals surface area contributed by atoms with E-state index in [-0.39, 0.29) is 17.2 Å². The lowest BCUT2D eigenvalue weighted by Gasteiger charge is -2.13. The van der Waals surface area contributed by atoms with Crippen molar-refractivity contribution in [1.82, 2.24) is 0 Å². The van der Waals surface area contributed by atoms with Gasteiger partial charge in [-0.15, -0.1) is 0 Å². The zero-order chi connectivity index (χ0) is 23.1. The number of phosphoric ester groups is 2. The summed E-state index contributed by atoms with van der Waals surface area (Å²) in [6, 6.07) is 17.7. The summed E-state index contributed by atoms with van der Waals surface area (Å²) in [7, 11) is -8.70. The lowest BCUT2D eigenvalue weighted by molar-refractivity contribution is 0.282. The van der Waals surface area contributed by atoms with E-state index in [1.54, 1.807) is 24.3 Å². The molecule has 3 N–H and O–H groups in total. The molecule has 0 spiro atoms. The predicted octanol–water partition coefficient (Wildman–Crippen LogP) is 6.36. The highest BCUT2D eigenvalue weighted by atomic mass is 35.5. The van der Waals surface area contributed by atoms with Gasteiger partial charge in [0, 0.05) is 15.1 Å². The van der Waals surface area contributed by atoms with E-state index in [2.05, 4.69) is 4.52 Å². The summed E-state index contributed by atoms with van der Waals surface area (Å²) >= 11 is 16.9. The van der Waals surface area contributed by atoms with Crippen molar-refractivity contribution in [1.29, 1.82) is 0 Å². The summed E-state index contributed by atoms with van der Waals surface area (Å²) in [5, 5.41) is 1.48. The Bertz CT molecular complexity index is 1020. The molecule has 3 aromatic rings. The number of halogens is 3. The van der Waals surface area contributed by atoms with E-state index in [0.717, 1.165) is 0 Å². The van der Waals surface area contributed by atoms with Crippen LogP contribution in [0.3, 0.4) is 0 Å². The molecule has 0 saturated carbocycles. The summed E-state index contributed by atoms with van der Waals surface area (Å²) in [6.45, 7) is 0. The fourth-order valence-corrected chi connectivity index (χ4v) is 3.50. The van der Waals surface area contributed by atoms with Gasteiger partial charge < -0.3 is 13.6 Å².